The molecule has 0 atom stereocenters. The highest BCUT2D eigenvalue weighted by molar-refractivity contribution is 6.62. The molecule has 0 radical (unpaired) electrons. The SMILES string of the molecule is CC1(C)c2cc(B3OC(C)(C)C(C)(C)O3)ccc2-c2cc3c(cc21)oc1ccccc13. The molecular weight excluding hydrogens is 383 g/mol. The smallest absolute Gasteiger partial charge is 0.456 e. The van der Waals surface area contributed by atoms with Gasteiger partial charge in [-0.15, -0.1) is 0 Å². The fourth-order valence-electron chi connectivity index (χ4n) is 5.10. The van der Waals surface area contributed by atoms with E-state index in [9.17, 15) is 0 Å². The molecule has 0 N–H and O–H groups in total. The van der Waals surface area contributed by atoms with Gasteiger partial charge in [-0.1, -0.05) is 50.2 Å². The van der Waals surface area contributed by atoms with Crippen molar-refractivity contribution in [1.82, 2.24) is 0 Å². The quantitative estimate of drug-likeness (QED) is 0.351. The molecule has 0 amide bonds. The first-order valence-corrected chi connectivity index (χ1v) is 11.0. The molecule has 1 aliphatic heterocycles. The zero-order chi connectivity index (χ0) is 21.8. The zero-order valence-corrected chi connectivity index (χ0v) is 19.0. The second-order valence-corrected chi connectivity index (χ2v) is 10.5. The number of hydrogen-bond acceptors (Lipinski definition) is 3. The van der Waals surface area contributed by atoms with Crippen LogP contribution in [0.2, 0.25) is 0 Å². The monoisotopic (exact) mass is 410 g/mol. The van der Waals surface area contributed by atoms with Gasteiger partial charge in [0.1, 0.15) is 11.2 Å². The van der Waals surface area contributed by atoms with Crippen molar-refractivity contribution in [2.75, 3.05) is 0 Å². The van der Waals surface area contributed by atoms with E-state index in [1.54, 1.807) is 0 Å². The van der Waals surface area contributed by atoms with Crippen LogP contribution in [-0.2, 0) is 14.7 Å². The second-order valence-electron chi connectivity index (χ2n) is 10.5. The summed E-state index contributed by atoms with van der Waals surface area (Å²) in [5.41, 5.74) is 7.34. The van der Waals surface area contributed by atoms with Gasteiger partial charge in [-0.3, -0.25) is 0 Å². The lowest BCUT2D eigenvalue weighted by molar-refractivity contribution is 0.00578. The van der Waals surface area contributed by atoms with Crippen molar-refractivity contribution < 1.29 is 13.7 Å². The molecule has 1 aromatic heterocycles. The molecule has 1 fully saturated rings. The topological polar surface area (TPSA) is 31.6 Å². The summed E-state index contributed by atoms with van der Waals surface area (Å²) in [7, 11) is -0.352. The number of hydrogen-bond donors (Lipinski definition) is 0. The summed E-state index contributed by atoms with van der Waals surface area (Å²) < 4.78 is 18.8. The highest BCUT2D eigenvalue weighted by Crippen LogP contribution is 2.50. The third-order valence-corrected chi connectivity index (χ3v) is 7.72. The van der Waals surface area contributed by atoms with Crippen LogP contribution in [0.5, 0.6) is 0 Å². The fourth-order valence-corrected chi connectivity index (χ4v) is 5.10. The molecule has 3 nitrogen and oxygen atoms in total. The van der Waals surface area contributed by atoms with E-state index in [4.69, 9.17) is 13.7 Å². The Morgan fingerprint density at radius 2 is 1.32 bits per heavy atom. The Morgan fingerprint density at radius 1 is 0.645 bits per heavy atom. The van der Waals surface area contributed by atoms with Gasteiger partial charge in [0.25, 0.3) is 0 Å². The van der Waals surface area contributed by atoms with Crippen LogP contribution in [-0.4, -0.2) is 18.3 Å². The van der Waals surface area contributed by atoms with Crippen LogP contribution in [0.4, 0.5) is 0 Å². The Hall–Kier alpha value is -2.56. The highest BCUT2D eigenvalue weighted by Gasteiger charge is 2.52. The summed E-state index contributed by atoms with van der Waals surface area (Å²) in [6, 6.07) is 19.5. The fraction of sp³-hybridized carbons (Fsp3) is 0.333. The summed E-state index contributed by atoms with van der Waals surface area (Å²) >= 11 is 0. The van der Waals surface area contributed by atoms with Crippen LogP contribution in [0.25, 0.3) is 33.1 Å². The first-order chi connectivity index (χ1) is 14.6. The lowest BCUT2D eigenvalue weighted by atomic mass is 9.74. The maximum Gasteiger partial charge on any atom is 0.494 e. The van der Waals surface area contributed by atoms with E-state index in [0.29, 0.717) is 0 Å². The van der Waals surface area contributed by atoms with E-state index < -0.39 is 0 Å². The molecule has 4 heteroatoms. The van der Waals surface area contributed by atoms with E-state index in [-0.39, 0.29) is 23.7 Å². The van der Waals surface area contributed by atoms with Gasteiger partial charge in [-0.2, -0.15) is 0 Å². The molecule has 2 aliphatic rings. The van der Waals surface area contributed by atoms with Gasteiger partial charge in [0.15, 0.2) is 0 Å². The lowest BCUT2D eigenvalue weighted by Gasteiger charge is -2.32. The minimum absolute atomic E-state index is 0.127. The van der Waals surface area contributed by atoms with Gasteiger partial charge in [0.2, 0.25) is 0 Å². The van der Waals surface area contributed by atoms with E-state index in [2.05, 4.69) is 84.0 Å². The molecule has 6 rings (SSSR count). The Morgan fingerprint density at radius 3 is 2.06 bits per heavy atom. The average Bonchev–Trinajstić information content (AvgIpc) is 3.26. The minimum atomic E-state index is -0.352. The highest BCUT2D eigenvalue weighted by atomic mass is 16.7. The molecule has 1 saturated heterocycles. The third-order valence-electron chi connectivity index (χ3n) is 7.72. The van der Waals surface area contributed by atoms with Crippen LogP contribution in [0.1, 0.15) is 52.7 Å². The molecule has 0 spiro atoms. The van der Waals surface area contributed by atoms with E-state index in [0.717, 1.165) is 16.6 Å². The van der Waals surface area contributed by atoms with Gasteiger partial charge in [-0.25, -0.2) is 0 Å². The zero-order valence-electron chi connectivity index (χ0n) is 19.0. The molecule has 0 bridgehead atoms. The van der Waals surface area contributed by atoms with Gasteiger partial charge >= 0.3 is 7.12 Å². The maximum absolute atomic E-state index is 6.32. The first-order valence-electron chi connectivity index (χ1n) is 11.0. The van der Waals surface area contributed by atoms with E-state index in [1.165, 1.54) is 33.0 Å². The summed E-state index contributed by atoms with van der Waals surface area (Å²) in [5, 5.41) is 2.34. The third kappa shape index (κ3) is 2.49. The number of furan rings is 1. The lowest BCUT2D eigenvalue weighted by Crippen LogP contribution is -2.41. The Balaban J connectivity index is 1.51. The molecule has 4 aromatic rings. The van der Waals surface area contributed by atoms with Crippen molar-refractivity contribution in [1.29, 1.82) is 0 Å². The molecule has 0 unspecified atom stereocenters. The predicted octanol–water partition coefficient (Wildman–Crippen LogP) is 6.19. The minimum Gasteiger partial charge on any atom is -0.456 e. The average molecular weight is 410 g/mol. The normalized spacial score (nSPS) is 20.4. The Bertz CT molecular complexity index is 1360. The van der Waals surface area contributed by atoms with Crippen molar-refractivity contribution in [2.45, 2.75) is 58.2 Å². The molecular formula is C27H27BO3. The van der Waals surface area contributed by atoms with Crippen LogP contribution >= 0.6 is 0 Å². The molecule has 3 aromatic carbocycles. The Kier molecular flexibility index (Phi) is 3.59. The van der Waals surface area contributed by atoms with Crippen molar-refractivity contribution >= 4 is 34.5 Å². The van der Waals surface area contributed by atoms with Gasteiger partial charge < -0.3 is 13.7 Å². The van der Waals surface area contributed by atoms with Crippen molar-refractivity contribution in [2.24, 2.45) is 0 Å². The van der Waals surface area contributed by atoms with Crippen LogP contribution in [0.15, 0.2) is 59.0 Å². The van der Waals surface area contributed by atoms with Crippen LogP contribution in [0.3, 0.4) is 0 Å². The summed E-state index contributed by atoms with van der Waals surface area (Å²) in [5.74, 6) is 0. The van der Waals surface area contributed by atoms with Crippen molar-refractivity contribution in [3.8, 4) is 11.1 Å². The predicted molar refractivity (Wildman–Crippen MR) is 127 cm³/mol. The van der Waals surface area contributed by atoms with Gasteiger partial charge in [-0.05, 0) is 73.6 Å². The van der Waals surface area contributed by atoms with Crippen molar-refractivity contribution in [3.05, 3.63) is 65.7 Å². The second kappa shape index (κ2) is 5.82. The van der Waals surface area contributed by atoms with E-state index >= 15 is 0 Å². The van der Waals surface area contributed by atoms with Gasteiger partial charge in [0, 0.05) is 16.2 Å². The van der Waals surface area contributed by atoms with E-state index in [1.807, 2.05) is 12.1 Å². The standard InChI is InChI=1S/C27H27BO3/c1-25(2)21-13-16(28-30-26(3,4)27(5,6)31-28)11-12-17(21)19-14-20-18-9-7-8-10-23(18)29-24(20)15-22(19)25/h7-15H,1-6H3. The Labute approximate surface area is 183 Å². The van der Waals surface area contributed by atoms with Crippen molar-refractivity contribution in [3.63, 3.8) is 0 Å². The molecule has 0 saturated carbocycles. The molecule has 1 aliphatic carbocycles. The molecule has 2 heterocycles. The maximum atomic E-state index is 6.32. The number of benzene rings is 3. The number of rotatable bonds is 1. The number of fused-ring (bicyclic) bond motifs is 6. The van der Waals surface area contributed by atoms with Crippen LogP contribution in [0, 0.1) is 0 Å². The molecule has 31 heavy (non-hydrogen) atoms. The number of para-hydroxylation sites is 1. The van der Waals surface area contributed by atoms with Crippen LogP contribution < -0.4 is 5.46 Å². The summed E-state index contributed by atoms with van der Waals surface area (Å²) in [4.78, 5) is 0. The first kappa shape index (κ1) is 19.2. The largest absolute Gasteiger partial charge is 0.494 e. The summed E-state index contributed by atoms with van der Waals surface area (Å²) in [6.45, 7) is 13.0. The summed E-state index contributed by atoms with van der Waals surface area (Å²) in [6.07, 6.45) is 0. The van der Waals surface area contributed by atoms with Gasteiger partial charge in [0.05, 0.1) is 11.2 Å². The molecule has 156 valence electrons.